The first-order chi connectivity index (χ1) is 12.9. The fourth-order valence-electron chi connectivity index (χ4n) is 3.15. The Kier molecular flexibility index (Phi) is 4.51. The number of hydrogen-bond acceptors (Lipinski definition) is 3. The van der Waals surface area contributed by atoms with Gasteiger partial charge in [0.25, 0.3) is 0 Å². The van der Waals surface area contributed by atoms with Gasteiger partial charge < -0.3 is 9.79 Å². The van der Waals surface area contributed by atoms with Crippen molar-refractivity contribution < 1.29 is 23.2 Å². The summed E-state index contributed by atoms with van der Waals surface area (Å²) in [5, 5.41) is 2.48. The molecular weight excluding hydrogens is 382 g/mol. The van der Waals surface area contributed by atoms with Crippen LogP contribution in [0.2, 0.25) is 0 Å². The summed E-state index contributed by atoms with van der Waals surface area (Å²) in [6, 6.07) is 23.7. The van der Waals surface area contributed by atoms with Crippen LogP contribution in [0.1, 0.15) is 0 Å². The van der Waals surface area contributed by atoms with E-state index in [1.807, 2.05) is 12.1 Å². The monoisotopic (exact) mass is 398 g/mol. The van der Waals surface area contributed by atoms with Crippen LogP contribution in [-0.4, -0.2) is 9.79 Å². The van der Waals surface area contributed by atoms with Crippen LogP contribution in [0, 0.1) is 0 Å². The maximum absolute atomic E-state index is 13.0. The summed E-state index contributed by atoms with van der Waals surface area (Å²) in [4.78, 5) is 21.1. The molecular formula is C20H16O5P2. The first kappa shape index (κ1) is 18.1. The summed E-state index contributed by atoms with van der Waals surface area (Å²) >= 11 is 0. The van der Waals surface area contributed by atoms with Crippen LogP contribution in [-0.2, 0) is 13.4 Å². The normalized spacial score (nSPS) is 16.1. The Bertz CT molecular complexity index is 1140. The SMILES string of the molecule is O=P(O)(OP(=O)(O)c1cccc2ccccc12)c1cccc2ccccc12. The lowest BCUT2D eigenvalue weighted by atomic mass is 10.1. The summed E-state index contributed by atoms with van der Waals surface area (Å²) in [5.74, 6) is 0. The Morgan fingerprint density at radius 1 is 0.556 bits per heavy atom. The van der Waals surface area contributed by atoms with E-state index in [0.29, 0.717) is 10.8 Å². The first-order valence-corrected chi connectivity index (χ1v) is 11.4. The van der Waals surface area contributed by atoms with Crippen molar-refractivity contribution in [1.29, 1.82) is 0 Å². The highest BCUT2D eigenvalue weighted by atomic mass is 31.3. The van der Waals surface area contributed by atoms with Gasteiger partial charge in [-0.15, -0.1) is 0 Å². The predicted octanol–water partition coefficient (Wildman–Crippen LogP) is 4.33. The van der Waals surface area contributed by atoms with E-state index in [1.165, 1.54) is 12.1 Å². The molecule has 7 heteroatoms. The Labute approximate surface area is 155 Å². The van der Waals surface area contributed by atoms with Gasteiger partial charge >= 0.3 is 15.2 Å². The second-order valence-electron chi connectivity index (χ2n) is 6.12. The van der Waals surface area contributed by atoms with Crippen molar-refractivity contribution in [1.82, 2.24) is 0 Å². The zero-order valence-corrected chi connectivity index (χ0v) is 15.9. The molecule has 0 saturated carbocycles. The number of benzene rings is 4. The predicted molar refractivity (Wildman–Crippen MR) is 108 cm³/mol. The maximum atomic E-state index is 13.0. The average Bonchev–Trinajstić information content (AvgIpc) is 2.66. The van der Waals surface area contributed by atoms with Gasteiger partial charge in [0.1, 0.15) is 0 Å². The molecule has 136 valence electrons. The molecule has 0 aliphatic carbocycles. The summed E-state index contributed by atoms with van der Waals surface area (Å²) in [6.07, 6.45) is 0. The third kappa shape index (κ3) is 3.37. The topological polar surface area (TPSA) is 83.8 Å². The van der Waals surface area contributed by atoms with E-state index in [-0.39, 0.29) is 10.6 Å². The molecule has 5 nitrogen and oxygen atoms in total. The van der Waals surface area contributed by atoms with Crippen LogP contribution in [0.5, 0.6) is 0 Å². The molecule has 0 heterocycles. The van der Waals surface area contributed by atoms with Crippen molar-refractivity contribution in [2.45, 2.75) is 0 Å². The summed E-state index contributed by atoms with van der Waals surface area (Å²) in [5.41, 5.74) is 0. The largest absolute Gasteiger partial charge is 0.366 e. The van der Waals surface area contributed by atoms with E-state index in [0.717, 1.165) is 10.8 Å². The van der Waals surface area contributed by atoms with Crippen molar-refractivity contribution >= 4 is 47.3 Å². The zero-order valence-electron chi connectivity index (χ0n) is 14.1. The Hall–Kier alpha value is -2.26. The summed E-state index contributed by atoms with van der Waals surface area (Å²) in [6.45, 7) is 0. The second-order valence-corrected chi connectivity index (χ2v) is 9.82. The van der Waals surface area contributed by atoms with Gasteiger partial charge in [0.05, 0.1) is 10.6 Å². The van der Waals surface area contributed by atoms with Gasteiger partial charge in [-0.05, 0) is 33.7 Å². The van der Waals surface area contributed by atoms with E-state index in [4.69, 9.17) is 4.31 Å². The van der Waals surface area contributed by atoms with Crippen LogP contribution in [0.3, 0.4) is 0 Å². The quantitative estimate of drug-likeness (QED) is 0.500. The fraction of sp³-hybridized carbons (Fsp3) is 0. The first-order valence-electron chi connectivity index (χ1n) is 8.22. The van der Waals surface area contributed by atoms with Crippen LogP contribution < -0.4 is 10.6 Å². The number of rotatable bonds is 4. The highest BCUT2D eigenvalue weighted by Crippen LogP contribution is 2.59. The number of hydrogen-bond donors (Lipinski definition) is 2. The highest BCUT2D eigenvalue weighted by molar-refractivity contribution is 7.74. The maximum Gasteiger partial charge on any atom is 0.366 e. The Morgan fingerprint density at radius 2 is 0.926 bits per heavy atom. The minimum atomic E-state index is -4.57. The van der Waals surface area contributed by atoms with Gasteiger partial charge in [0.15, 0.2) is 0 Å². The molecule has 0 amide bonds. The summed E-state index contributed by atoms with van der Waals surface area (Å²) in [7, 11) is -9.14. The molecule has 0 bridgehead atoms. The van der Waals surface area contributed by atoms with Gasteiger partial charge in [-0.1, -0.05) is 72.8 Å². The molecule has 4 rings (SSSR count). The second kappa shape index (κ2) is 6.72. The molecule has 2 unspecified atom stereocenters. The third-order valence-electron chi connectivity index (χ3n) is 4.36. The van der Waals surface area contributed by atoms with E-state index in [9.17, 15) is 18.9 Å². The molecule has 2 atom stereocenters. The molecule has 0 aliphatic rings. The van der Waals surface area contributed by atoms with E-state index in [2.05, 4.69) is 0 Å². The standard InChI is InChI=1S/C20H16O5P2/c21-26(22,19-13-5-9-15-7-1-3-11-17(15)19)25-27(23,24)20-14-6-10-16-8-2-4-12-18(16)20/h1-14H,(H,21,22)(H,23,24). The van der Waals surface area contributed by atoms with Gasteiger partial charge in [-0.25, -0.2) is 4.31 Å². The molecule has 0 saturated heterocycles. The number of fused-ring (bicyclic) bond motifs is 2. The molecule has 0 radical (unpaired) electrons. The van der Waals surface area contributed by atoms with E-state index < -0.39 is 15.2 Å². The molecule has 4 aromatic carbocycles. The minimum Gasteiger partial charge on any atom is -0.321 e. The van der Waals surface area contributed by atoms with Crippen molar-refractivity contribution in [3.8, 4) is 0 Å². The van der Waals surface area contributed by atoms with Crippen LogP contribution in [0.15, 0.2) is 84.9 Å². The molecule has 4 aromatic rings. The van der Waals surface area contributed by atoms with E-state index in [1.54, 1.807) is 60.7 Å². The van der Waals surface area contributed by atoms with Crippen LogP contribution >= 0.6 is 15.2 Å². The van der Waals surface area contributed by atoms with Crippen molar-refractivity contribution in [2.75, 3.05) is 0 Å². The zero-order chi connectivity index (χ0) is 19.1. The molecule has 27 heavy (non-hydrogen) atoms. The highest BCUT2D eigenvalue weighted by Gasteiger charge is 2.37. The minimum absolute atomic E-state index is 0.00453. The van der Waals surface area contributed by atoms with Gasteiger partial charge in [-0.3, -0.25) is 9.13 Å². The smallest absolute Gasteiger partial charge is 0.321 e. The Balaban J connectivity index is 1.81. The molecule has 2 N–H and O–H groups in total. The van der Waals surface area contributed by atoms with Crippen molar-refractivity contribution in [2.24, 2.45) is 0 Å². The van der Waals surface area contributed by atoms with Crippen LogP contribution in [0.4, 0.5) is 0 Å². The van der Waals surface area contributed by atoms with Crippen LogP contribution in [0.25, 0.3) is 21.5 Å². The van der Waals surface area contributed by atoms with Crippen molar-refractivity contribution in [3.63, 3.8) is 0 Å². The molecule has 0 aromatic heterocycles. The van der Waals surface area contributed by atoms with Gasteiger partial charge in [0.2, 0.25) is 0 Å². The van der Waals surface area contributed by atoms with Gasteiger partial charge in [-0.2, -0.15) is 0 Å². The summed E-state index contributed by atoms with van der Waals surface area (Å²) < 4.78 is 30.9. The Morgan fingerprint density at radius 3 is 1.37 bits per heavy atom. The molecule has 0 fully saturated rings. The molecule has 0 spiro atoms. The average molecular weight is 398 g/mol. The third-order valence-corrected chi connectivity index (χ3v) is 8.13. The van der Waals surface area contributed by atoms with Crippen molar-refractivity contribution in [3.05, 3.63) is 84.9 Å². The lowest BCUT2D eigenvalue weighted by Gasteiger charge is -2.19. The van der Waals surface area contributed by atoms with E-state index >= 15 is 0 Å². The lowest BCUT2D eigenvalue weighted by Crippen LogP contribution is -2.13. The lowest BCUT2D eigenvalue weighted by molar-refractivity contribution is 0.349. The molecule has 0 aliphatic heterocycles. The fourth-order valence-corrected chi connectivity index (χ4v) is 6.62. The van der Waals surface area contributed by atoms with Gasteiger partial charge in [0, 0.05) is 0 Å².